The van der Waals surface area contributed by atoms with Crippen LogP contribution >= 0.6 is 0 Å². The van der Waals surface area contributed by atoms with Gasteiger partial charge in [0.2, 0.25) is 0 Å². The third-order valence-corrected chi connectivity index (χ3v) is 4.57. The van der Waals surface area contributed by atoms with Gasteiger partial charge in [0.15, 0.2) is 11.6 Å². The van der Waals surface area contributed by atoms with Gasteiger partial charge in [0.1, 0.15) is 5.82 Å². The molecule has 6 nitrogen and oxygen atoms in total. The number of nitrogens with zero attached hydrogens (tertiary/aromatic N) is 3. The van der Waals surface area contributed by atoms with Crippen molar-refractivity contribution in [2.75, 3.05) is 48.8 Å². The van der Waals surface area contributed by atoms with Crippen LogP contribution in [0.4, 0.5) is 30.8 Å². The number of hydrogen-bond acceptors (Lipinski definition) is 4. The van der Waals surface area contributed by atoms with Gasteiger partial charge in [-0.3, -0.25) is 0 Å². The van der Waals surface area contributed by atoms with Crippen LogP contribution in [0.3, 0.4) is 0 Å². The van der Waals surface area contributed by atoms with Gasteiger partial charge in [-0.2, -0.15) is 0 Å². The molecular weight excluding hydrogens is 352 g/mol. The molecule has 1 aromatic carbocycles. The number of anilines is 3. The molecule has 0 bridgehead atoms. The maximum Gasteiger partial charge on any atom is 0.319 e. The highest BCUT2D eigenvalue weighted by Gasteiger charge is 2.23. The van der Waals surface area contributed by atoms with Crippen molar-refractivity contribution in [1.29, 1.82) is 0 Å². The lowest BCUT2D eigenvalue weighted by molar-refractivity contribution is 0.250. The Kier molecular flexibility index (Phi) is 5.73. The number of rotatable bonds is 5. The molecule has 27 heavy (non-hydrogen) atoms. The van der Waals surface area contributed by atoms with Gasteiger partial charge < -0.3 is 20.4 Å². The van der Waals surface area contributed by atoms with E-state index in [0.29, 0.717) is 24.5 Å². The topological polar surface area (TPSA) is 60.5 Å². The quantitative estimate of drug-likeness (QED) is 0.843. The Morgan fingerprint density at radius 2 is 2.07 bits per heavy atom. The molecular formula is C19H23F2N5O. The summed E-state index contributed by atoms with van der Waals surface area (Å²) >= 11 is 0. The van der Waals surface area contributed by atoms with Crippen molar-refractivity contribution >= 4 is 23.2 Å². The van der Waals surface area contributed by atoms with E-state index in [1.807, 2.05) is 30.0 Å². The van der Waals surface area contributed by atoms with Gasteiger partial charge in [-0.25, -0.2) is 18.6 Å². The molecule has 0 aliphatic carbocycles. The van der Waals surface area contributed by atoms with Crippen molar-refractivity contribution in [3.63, 3.8) is 0 Å². The third kappa shape index (κ3) is 4.84. The first kappa shape index (κ1) is 18.9. The number of halogens is 2. The highest BCUT2D eigenvalue weighted by molar-refractivity contribution is 5.89. The third-order valence-electron chi connectivity index (χ3n) is 4.57. The van der Waals surface area contributed by atoms with Crippen molar-refractivity contribution in [3.05, 3.63) is 48.2 Å². The van der Waals surface area contributed by atoms with Crippen LogP contribution in [-0.4, -0.2) is 44.7 Å². The molecule has 1 aromatic heterocycles. The average Bonchev–Trinajstić information content (AvgIpc) is 3.12. The van der Waals surface area contributed by atoms with Crippen molar-refractivity contribution in [2.45, 2.75) is 6.42 Å². The van der Waals surface area contributed by atoms with Crippen molar-refractivity contribution < 1.29 is 13.6 Å². The summed E-state index contributed by atoms with van der Waals surface area (Å²) in [6, 6.07) is 7.25. The second-order valence-corrected chi connectivity index (χ2v) is 6.83. The molecule has 2 N–H and O–H groups in total. The predicted molar refractivity (Wildman–Crippen MR) is 102 cm³/mol. The van der Waals surface area contributed by atoms with Crippen LogP contribution in [-0.2, 0) is 0 Å². The summed E-state index contributed by atoms with van der Waals surface area (Å²) in [5.74, 6) is -0.634. The Bertz CT molecular complexity index is 797. The number of carbonyl (C=O) groups is 1. The molecule has 8 heteroatoms. The van der Waals surface area contributed by atoms with Crippen LogP contribution in [0, 0.1) is 17.6 Å². The van der Waals surface area contributed by atoms with Gasteiger partial charge in [-0.05, 0) is 36.6 Å². The summed E-state index contributed by atoms with van der Waals surface area (Å²) in [6.07, 6.45) is 2.48. The van der Waals surface area contributed by atoms with Gasteiger partial charge >= 0.3 is 6.03 Å². The summed E-state index contributed by atoms with van der Waals surface area (Å²) < 4.78 is 26.4. The number of aromatic nitrogens is 1. The van der Waals surface area contributed by atoms with Gasteiger partial charge in [0.05, 0.1) is 11.9 Å². The van der Waals surface area contributed by atoms with Gasteiger partial charge in [0, 0.05) is 45.5 Å². The summed E-state index contributed by atoms with van der Waals surface area (Å²) in [7, 11) is 3.79. The van der Waals surface area contributed by atoms with Gasteiger partial charge in [-0.15, -0.1) is 0 Å². The fourth-order valence-electron chi connectivity index (χ4n) is 3.05. The number of hydrogen-bond donors (Lipinski definition) is 2. The molecule has 1 unspecified atom stereocenters. The van der Waals surface area contributed by atoms with E-state index < -0.39 is 11.6 Å². The lowest BCUT2D eigenvalue weighted by Gasteiger charge is -2.19. The fourth-order valence-corrected chi connectivity index (χ4v) is 3.05. The monoisotopic (exact) mass is 375 g/mol. The van der Waals surface area contributed by atoms with E-state index >= 15 is 0 Å². The molecule has 144 valence electrons. The maximum absolute atomic E-state index is 13.4. The zero-order chi connectivity index (χ0) is 19.4. The van der Waals surface area contributed by atoms with Crippen molar-refractivity contribution in [3.8, 4) is 0 Å². The minimum Gasteiger partial charge on any atom is -0.371 e. The number of urea groups is 1. The minimum atomic E-state index is -0.846. The zero-order valence-corrected chi connectivity index (χ0v) is 15.4. The summed E-state index contributed by atoms with van der Waals surface area (Å²) in [4.78, 5) is 20.2. The largest absolute Gasteiger partial charge is 0.371 e. The fraction of sp³-hybridized carbons (Fsp3) is 0.368. The van der Waals surface area contributed by atoms with E-state index in [2.05, 4.69) is 15.6 Å². The molecule has 2 amide bonds. The highest BCUT2D eigenvalue weighted by Crippen LogP contribution is 2.25. The maximum atomic E-state index is 13.4. The first-order chi connectivity index (χ1) is 12.9. The minimum absolute atomic E-state index is 0.248. The number of pyridine rings is 1. The number of nitrogens with one attached hydrogen (secondary N) is 2. The first-order valence-corrected chi connectivity index (χ1v) is 8.80. The highest BCUT2D eigenvalue weighted by atomic mass is 19.2. The molecule has 2 aromatic rings. The Hall–Kier alpha value is -2.90. The van der Waals surface area contributed by atoms with E-state index in [0.717, 1.165) is 24.8 Å². The lowest BCUT2D eigenvalue weighted by Crippen LogP contribution is -2.34. The molecule has 1 aliphatic heterocycles. The van der Waals surface area contributed by atoms with Crippen LogP contribution in [0.5, 0.6) is 0 Å². The van der Waals surface area contributed by atoms with Crippen molar-refractivity contribution in [1.82, 2.24) is 10.3 Å². The summed E-state index contributed by atoms with van der Waals surface area (Å²) in [5, 5.41) is 5.61. The van der Waals surface area contributed by atoms with E-state index in [-0.39, 0.29) is 11.9 Å². The predicted octanol–water partition coefficient (Wildman–Crippen LogP) is 3.07. The zero-order valence-electron chi connectivity index (χ0n) is 15.4. The Balaban J connectivity index is 1.46. The van der Waals surface area contributed by atoms with Crippen LogP contribution < -0.4 is 20.4 Å². The first-order valence-electron chi connectivity index (χ1n) is 8.80. The number of benzene rings is 1. The van der Waals surface area contributed by atoms with E-state index in [9.17, 15) is 13.6 Å². The van der Waals surface area contributed by atoms with E-state index in [1.165, 1.54) is 6.07 Å². The van der Waals surface area contributed by atoms with Crippen LogP contribution in [0.15, 0.2) is 36.5 Å². The molecule has 0 spiro atoms. The molecule has 0 saturated carbocycles. The molecule has 0 radical (unpaired) electrons. The number of amides is 2. The molecule has 1 aliphatic rings. The van der Waals surface area contributed by atoms with Crippen molar-refractivity contribution in [2.24, 2.45) is 5.92 Å². The molecule has 3 rings (SSSR count). The van der Waals surface area contributed by atoms with Gasteiger partial charge in [-0.1, -0.05) is 0 Å². The summed E-state index contributed by atoms with van der Waals surface area (Å²) in [6.45, 7) is 1.94. The average molecular weight is 375 g/mol. The normalized spacial score (nSPS) is 16.3. The van der Waals surface area contributed by atoms with Gasteiger partial charge in [0.25, 0.3) is 0 Å². The van der Waals surface area contributed by atoms with E-state index in [4.69, 9.17) is 0 Å². The van der Waals surface area contributed by atoms with Crippen LogP contribution in [0.1, 0.15) is 6.42 Å². The van der Waals surface area contributed by atoms with Crippen LogP contribution in [0.2, 0.25) is 0 Å². The number of carbonyl (C=O) groups excluding carboxylic acids is 1. The van der Waals surface area contributed by atoms with E-state index in [1.54, 1.807) is 18.3 Å². The Morgan fingerprint density at radius 3 is 2.74 bits per heavy atom. The van der Waals surface area contributed by atoms with Crippen LogP contribution in [0.25, 0.3) is 0 Å². The molecule has 1 saturated heterocycles. The molecule has 1 atom stereocenters. The summed E-state index contributed by atoms with van der Waals surface area (Å²) in [5.41, 5.74) is 1.28. The Morgan fingerprint density at radius 1 is 1.26 bits per heavy atom. The molecule has 1 fully saturated rings. The lowest BCUT2D eigenvalue weighted by atomic mass is 10.1. The second kappa shape index (κ2) is 8.20. The second-order valence-electron chi connectivity index (χ2n) is 6.83. The molecule has 2 heterocycles. The smallest absolute Gasteiger partial charge is 0.319 e. The Labute approximate surface area is 157 Å². The SMILES string of the molecule is CN(C)c1ccc(NC(=O)NCC2CCN(c3ccc(F)c(F)c3)C2)cn1. The standard InChI is InChI=1S/C19H23F2N5O/c1-25(2)18-6-3-14(11-22-18)24-19(27)23-10-13-7-8-26(12-13)15-4-5-16(20)17(21)9-15/h3-6,9,11,13H,7-8,10,12H2,1-2H3,(H2,23,24,27).